The van der Waals surface area contributed by atoms with Crippen LogP contribution < -0.4 is 10.0 Å². The van der Waals surface area contributed by atoms with E-state index in [0.717, 1.165) is 4.70 Å². The fourth-order valence-corrected chi connectivity index (χ4v) is 5.91. The lowest BCUT2D eigenvalue weighted by molar-refractivity contribution is 0.0634. The standard InChI is InChI=1S/C23H20FN5O3S2/c24-17-4-3-5-19-21(17)27-22(33-19)18-14-25-12-13-29(18)23(30)15-7-9-16(10-8-15)28-34(31,32)20-6-1-2-11-26-20/h1-11,18,25,28H,12-14H2. The zero-order chi connectivity index (χ0) is 23.7. The van der Waals surface area contributed by atoms with E-state index in [1.807, 2.05) is 6.07 Å². The van der Waals surface area contributed by atoms with Gasteiger partial charge in [-0.15, -0.1) is 11.3 Å². The van der Waals surface area contributed by atoms with Gasteiger partial charge in [-0.25, -0.2) is 14.4 Å². The Kier molecular flexibility index (Phi) is 5.98. The molecule has 2 N–H and O–H groups in total. The number of sulfonamides is 1. The topological polar surface area (TPSA) is 104 Å². The first kappa shape index (κ1) is 22.4. The molecule has 0 saturated carbocycles. The van der Waals surface area contributed by atoms with Gasteiger partial charge >= 0.3 is 0 Å². The molecule has 1 aliphatic heterocycles. The maximum Gasteiger partial charge on any atom is 0.279 e. The van der Waals surface area contributed by atoms with Gasteiger partial charge in [0.25, 0.3) is 15.9 Å². The van der Waals surface area contributed by atoms with Crippen molar-refractivity contribution in [2.75, 3.05) is 24.4 Å². The van der Waals surface area contributed by atoms with Gasteiger partial charge in [-0.1, -0.05) is 12.1 Å². The van der Waals surface area contributed by atoms with Gasteiger partial charge in [0.05, 0.1) is 10.7 Å². The van der Waals surface area contributed by atoms with E-state index < -0.39 is 10.0 Å². The maximum atomic E-state index is 14.1. The summed E-state index contributed by atoms with van der Waals surface area (Å²) in [7, 11) is -3.83. The Morgan fingerprint density at radius 2 is 1.94 bits per heavy atom. The number of anilines is 1. The maximum absolute atomic E-state index is 14.1. The molecule has 174 valence electrons. The number of hydrogen-bond donors (Lipinski definition) is 2. The van der Waals surface area contributed by atoms with Crippen LogP contribution in [-0.2, 0) is 10.0 Å². The monoisotopic (exact) mass is 497 g/mol. The molecule has 2 aromatic carbocycles. The lowest BCUT2D eigenvalue weighted by Crippen LogP contribution is -2.48. The van der Waals surface area contributed by atoms with Gasteiger partial charge in [0.1, 0.15) is 16.3 Å². The van der Waals surface area contributed by atoms with Crippen LogP contribution in [0.25, 0.3) is 10.2 Å². The Hall–Kier alpha value is -3.41. The average molecular weight is 498 g/mol. The fraction of sp³-hybridized carbons (Fsp3) is 0.174. The van der Waals surface area contributed by atoms with Gasteiger partial charge < -0.3 is 10.2 Å². The molecule has 0 aliphatic carbocycles. The second kappa shape index (κ2) is 9.09. The van der Waals surface area contributed by atoms with Crippen LogP contribution in [0.5, 0.6) is 0 Å². The SMILES string of the molecule is O=C(c1ccc(NS(=O)(=O)c2ccccn2)cc1)N1CCNCC1c1nc2c(F)cccc2s1. The quantitative estimate of drug-likeness (QED) is 0.438. The second-order valence-corrected chi connectivity index (χ2v) is 10.4. The highest BCUT2D eigenvalue weighted by molar-refractivity contribution is 7.92. The Morgan fingerprint density at radius 1 is 1.12 bits per heavy atom. The van der Waals surface area contributed by atoms with E-state index in [1.54, 1.807) is 35.2 Å². The molecule has 0 radical (unpaired) electrons. The number of piperazine rings is 1. The first-order valence-corrected chi connectivity index (χ1v) is 12.8. The third-order valence-electron chi connectivity index (χ3n) is 5.47. The molecule has 4 aromatic rings. The Balaban J connectivity index is 1.37. The van der Waals surface area contributed by atoms with Gasteiger partial charge in [-0.05, 0) is 48.5 Å². The number of amides is 1. The van der Waals surface area contributed by atoms with E-state index in [1.165, 1.54) is 41.8 Å². The summed E-state index contributed by atoms with van der Waals surface area (Å²) in [6.07, 6.45) is 1.40. The number of carbonyl (C=O) groups excluding carboxylic acids is 1. The summed E-state index contributed by atoms with van der Waals surface area (Å²) in [6, 6.07) is 15.4. The van der Waals surface area contributed by atoms with Crippen molar-refractivity contribution in [2.45, 2.75) is 11.1 Å². The number of para-hydroxylation sites is 1. The molecule has 1 atom stereocenters. The van der Waals surface area contributed by atoms with E-state index in [-0.39, 0.29) is 22.8 Å². The van der Waals surface area contributed by atoms with E-state index in [0.29, 0.717) is 41.4 Å². The summed E-state index contributed by atoms with van der Waals surface area (Å²) in [4.78, 5) is 23.4. The highest BCUT2D eigenvalue weighted by Crippen LogP contribution is 2.32. The second-order valence-electron chi connectivity index (χ2n) is 7.71. The molecule has 2 aromatic heterocycles. The van der Waals surface area contributed by atoms with Crippen molar-refractivity contribution in [2.24, 2.45) is 0 Å². The van der Waals surface area contributed by atoms with Crippen LogP contribution in [0.2, 0.25) is 0 Å². The molecule has 0 spiro atoms. The zero-order valence-corrected chi connectivity index (χ0v) is 19.4. The summed E-state index contributed by atoms with van der Waals surface area (Å²) in [5.74, 6) is -0.587. The molecular formula is C23H20FN5O3S2. The van der Waals surface area contributed by atoms with Crippen LogP contribution in [-0.4, -0.2) is 48.8 Å². The van der Waals surface area contributed by atoms with Crippen LogP contribution in [0, 0.1) is 5.82 Å². The summed E-state index contributed by atoms with van der Waals surface area (Å²) in [5, 5.41) is 3.85. The molecule has 34 heavy (non-hydrogen) atoms. The van der Waals surface area contributed by atoms with Gasteiger partial charge in [-0.2, -0.15) is 8.42 Å². The Bertz CT molecular complexity index is 1440. The predicted octanol–water partition coefficient (Wildman–Crippen LogP) is 3.42. The third-order valence-corrected chi connectivity index (χ3v) is 7.89. The minimum atomic E-state index is -3.83. The van der Waals surface area contributed by atoms with Crippen molar-refractivity contribution in [1.82, 2.24) is 20.2 Å². The third kappa shape index (κ3) is 4.37. The number of nitrogens with zero attached hydrogens (tertiary/aromatic N) is 3. The summed E-state index contributed by atoms with van der Waals surface area (Å²) < 4.78 is 42.3. The van der Waals surface area contributed by atoms with E-state index in [2.05, 4.69) is 20.0 Å². The smallest absolute Gasteiger partial charge is 0.279 e. The molecule has 5 rings (SSSR count). The first-order chi connectivity index (χ1) is 16.4. The molecule has 8 nitrogen and oxygen atoms in total. The Labute approximate surface area is 199 Å². The van der Waals surface area contributed by atoms with Gasteiger partial charge in [0.15, 0.2) is 5.03 Å². The molecule has 1 unspecified atom stereocenters. The van der Waals surface area contributed by atoms with Gasteiger partial charge in [0.2, 0.25) is 0 Å². The van der Waals surface area contributed by atoms with Gasteiger partial charge in [0, 0.05) is 37.1 Å². The van der Waals surface area contributed by atoms with Crippen molar-refractivity contribution in [1.29, 1.82) is 0 Å². The number of rotatable bonds is 5. The fourth-order valence-electron chi connectivity index (χ4n) is 3.80. The highest BCUT2D eigenvalue weighted by atomic mass is 32.2. The number of thiazole rings is 1. The minimum absolute atomic E-state index is 0.0916. The number of nitrogens with one attached hydrogen (secondary N) is 2. The molecule has 3 heterocycles. The molecule has 11 heteroatoms. The summed E-state index contributed by atoms with van der Waals surface area (Å²) in [5.41, 5.74) is 1.05. The highest BCUT2D eigenvalue weighted by Gasteiger charge is 2.31. The van der Waals surface area contributed by atoms with Crippen LogP contribution in [0.3, 0.4) is 0 Å². The lowest BCUT2D eigenvalue weighted by Gasteiger charge is -2.35. The summed E-state index contributed by atoms with van der Waals surface area (Å²) in [6.45, 7) is 1.61. The number of halogens is 1. The molecular weight excluding hydrogens is 477 g/mol. The molecule has 1 aliphatic rings. The van der Waals surface area contributed by atoms with E-state index in [9.17, 15) is 17.6 Å². The predicted molar refractivity (Wildman–Crippen MR) is 128 cm³/mol. The van der Waals surface area contributed by atoms with E-state index in [4.69, 9.17) is 0 Å². The Morgan fingerprint density at radius 3 is 2.68 bits per heavy atom. The van der Waals surface area contributed by atoms with Crippen molar-refractivity contribution < 1.29 is 17.6 Å². The minimum Gasteiger partial charge on any atom is -0.327 e. The molecule has 1 saturated heterocycles. The molecule has 1 amide bonds. The molecule has 0 bridgehead atoms. The van der Waals surface area contributed by atoms with E-state index >= 15 is 0 Å². The number of fused-ring (bicyclic) bond motifs is 1. The van der Waals surface area contributed by atoms with Crippen molar-refractivity contribution >= 4 is 43.2 Å². The van der Waals surface area contributed by atoms with Gasteiger partial charge in [-0.3, -0.25) is 9.52 Å². The van der Waals surface area contributed by atoms with Crippen LogP contribution in [0.1, 0.15) is 21.4 Å². The number of hydrogen-bond acceptors (Lipinski definition) is 7. The van der Waals surface area contributed by atoms with Crippen LogP contribution in [0.4, 0.5) is 10.1 Å². The normalized spacial score (nSPS) is 16.5. The van der Waals surface area contributed by atoms with Crippen LogP contribution >= 0.6 is 11.3 Å². The van der Waals surface area contributed by atoms with Crippen molar-refractivity contribution in [3.05, 3.63) is 83.2 Å². The summed E-state index contributed by atoms with van der Waals surface area (Å²) >= 11 is 1.37. The first-order valence-electron chi connectivity index (χ1n) is 10.5. The van der Waals surface area contributed by atoms with Crippen molar-refractivity contribution in [3.63, 3.8) is 0 Å². The molecule has 1 fully saturated rings. The van der Waals surface area contributed by atoms with Crippen molar-refractivity contribution in [3.8, 4) is 0 Å². The largest absolute Gasteiger partial charge is 0.327 e. The number of benzene rings is 2. The average Bonchev–Trinajstić information content (AvgIpc) is 3.30. The number of pyridine rings is 1. The number of carbonyl (C=O) groups is 1. The lowest BCUT2D eigenvalue weighted by atomic mass is 10.1. The zero-order valence-electron chi connectivity index (χ0n) is 17.8. The van der Waals surface area contributed by atoms with Crippen LogP contribution in [0.15, 0.2) is 71.9 Å². The number of aromatic nitrogens is 2.